The van der Waals surface area contributed by atoms with E-state index in [2.05, 4.69) is 18.6 Å². The lowest BCUT2D eigenvalue weighted by Crippen LogP contribution is -2.53. The van der Waals surface area contributed by atoms with Crippen LogP contribution in [-0.2, 0) is 10.0 Å². The number of anilines is 1. The Hall–Kier alpha value is -1.03. The van der Waals surface area contributed by atoms with Crippen LogP contribution in [0.1, 0.15) is 52.4 Å². The minimum atomic E-state index is -3.27. The molecule has 4 heteroatoms. The van der Waals surface area contributed by atoms with E-state index in [0.717, 1.165) is 11.8 Å². The van der Waals surface area contributed by atoms with Crippen LogP contribution in [0.5, 0.6) is 0 Å². The van der Waals surface area contributed by atoms with E-state index in [1.165, 1.54) is 38.5 Å². The molecule has 0 aromatic heterocycles. The second-order valence-electron chi connectivity index (χ2n) is 9.48. The number of hydrogen-bond acceptors (Lipinski definition) is 2. The quantitative estimate of drug-likeness (QED) is 0.782. The largest absolute Gasteiger partial charge is 0.284 e. The van der Waals surface area contributed by atoms with Crippen molar-refractivity contribution in [3.63, 3.8) is 0 Å². The fraction of sp³-hybridized carbons (Fsp3) is 0.714. The van der Waals surface area contributed by atoms with Crippen molar-refractivity contribution in [2.24, 2.45) is 35.0 Å². The minimum Gasteiger partial charge on any atom is -0.284 e. The van der Waals surface area contributed by atoms with E-state index < -0.39 is 10.0 Å². The van der Waals surface area contributed by atoms with Crippen LogP contribution in [0.15, 0.2) is 30.3 Å². The Balaban J connectivity index is 1.48. The molecule has 4 bridgehead atoms. The Morgan fingerprint density at radius 3 is 2.32 bits per heavy atom. The monoisotopic (exact) mass is 361 g/mol. The van der Waals surface area contributed by atoms with E-state index in [-0.39, 0.29) is 0 Å². The maximum Gasteiger partial charge on any atom is 0.233 e. The summed E-state index contributed by atoms with van der Waals surface area (Å²) < 4.78 is 28.3. The zero-order valence-electron chi connectivity index (χ0n) is 15.4. The van der Waals surface area contributed by atoms with Crippen LogP contribution in [0.25, 0.3) is 0 Å². The highest BCUT2D eigenvalue weighted by molar-refractivity contribution is 7.92. The van der Waals surface area contributed by atoms with Crippen LogP contribution in [0.4, 0.5) is 5.69 Å². The van der Waals surface area contributed by atoms with Gasteiger partial charge in [0.25, 0.3) is 0 Å². The number of para-hydroxylation sites is 1. The van der Waals surface area contributed by atoms with Gasteiger partial charge in [0.15, 0.2) is 0 Å². The molecule has 4 saturated carbocycles. The number of benzene rings is 1. The van der Waals surface area contributed by atoms with Crippen LogP contribution in [0, 0.1) is 35.0 Å². The van der Waals surface area contributed by atoms with Crippen LogP contribution in [0.3, 0.4) is 0 Å². The summed E-state index contributed by atoms with van der Waals surface area (Å²) in [6.45, 7) is 4.68. The zero-order chi connectivity index (χ0) is 17.7. The summed E-state index contributed by atoms with van der Waals surface area (Å²) in [5, 5.41) is 0. The van der Waals surface area contributed by atoms with Gasteiger partial charge < -0.3 is 0 Å². The predicted octanol–water partition coefficient (Wildman–Crippen LogP) is 4.92. The molecule has 0 aliphatic heterocycles. The van der Waals surface area contributed by atoms with Gasteiger partial charge in [-0.1, -0.05) is 32.0 Å². The van der Waals surface area contributed by atoms with E-state index in [9.17, 15) is 8.42 Å². The molecular weight excluding hydrogens is 330 g/mol. The van der Waals surface area contributed by atoms with Crippen molar-refractivity contribution in [2.45, 2.75) is 52.4 Å². The Kier molecular flexibility index (Phi) is 4.38. The van der Waals surface area contributed by atoms with Gasteiger partial charge in [-0.15, -0.1) is 0 Å². The van der Waals surface area contributed by atoms with Crippen molar-refractivity contribution in [1.29, 1.82) is 0 Å². The highest BCUT2D eigenvalue weighted by atomic mass is 32.2. The molecule has 4 fully saturated rings. The molecule has 2 unspecified atom stereocenters. The van der Waals surface area contributed by atoms with E-state index in [0.29, 0.717) is 34.6 Å². The Morgan fingerprint density at radius 1 is 1.08 bits per heavy atom. The molecular formula is C21H31NO2S. The number of sulfonamides is 1. The van der Waals surface area contributed by atoms with Gasteiger partial charge in [0.05, 0.1) is 5.75 Å². The standard InChI is InChI=1S/C21H31NO2S/c1-15(2)10-21-11-16-8-17(12-21)20(18(9-16)13-21)14-25(23,24)22-19-6-4-3-5-7-19/h3-7,15-18,20,22H,8-14H2,1-2H3. The second-order valence-corrected chi connectivity index (χ2v) is 11.2. The summed E-state index contributed by atoms with van der Waals surface area (Å²) in [6.07, 6.45) is 7.80. The van der Waals surface area contributed by atoms with Crippen molar-refractivity contribution in [2.75, 3.05) is 10.5 Å². The molecule has 4 aliphatic rings. The zero-order valence-corrected chi connectivity index (χ0v) is 16.3. The lowest BCUT2D eigenvalue weighted by Gasteiger charge is -2.60. The highest BCUT2D eigenvalue weighted by Crippen LogP contribution is 2.64. The van der Waals surface area contributed by atoms with Crippen molar-refractivity contribution in [3.8, 4) is 0 Å². The van der Waals surface area contributed by atoms with Crippen molar-refractivity contribution >= 4 is 15.7 Å². The average Bonchev–Trinajstić information content (AvgIpc) is 2.49. The van der Waals surface area contributed by atoms with Crippen molar-refractivity contribution < 1.29 is 8.42 Å². The molecule has 0 radical (unpaired) electrons. The molecule has 4 aliphatic carbocycles. The average molecular weight is 362 g/mol. The molecule has 2 atom stereocenters. The summed E-state index contributed by atoms with van der Waals surface area (Å²) in [5.41, 5.74) is 1.21. The van der Waals surface area contributed by atoms with Crippen LogP contribution in [0.2, 0.25) is 0 Å². The lowest BCUT2D eigenvalue weighted by atomic mass is 9.45. The lowest BCUT2D eigenvalue weighted by molar-refractivity contribution is -0.0964. The van der Waals surface area contributed by atoms with Crippen LogP contribution < -0.4 is 4.72 Å². The Bertz CT molecular complexity index is 693. The van der Waals surface area contributed by atoms with Crippen molar-refractivity contribution in [3.05, 3.63) is 30.3 Å². The van der Waals surface area contributed by atoms with E-state index in [4.69, 9.17) is 0 Å². The normalized spacial score (nSPS) is 36.8. The van der Waals surface area contributed by atoms with Gasteiger partial charge in [0.2, 0.25) is 10.0 Å². The first-order valence-corrected chi connectivity index (χ1v) is 11.5. The summed E-state index contributed by atoms with van der Waals surface area (Å²) in [7, 11) is -3.27. The number of rotatable bonds is 6. The molecule has 0 saturated heterocycles. The first kappa shape index (κ1) is 17.4. The maximum atomic E-state index is 12.7. The molecule has 0 amide bonds. The molecule has 25 heavy (non-hydrogen) atoms. The van der Waals surface area contributed by atoms with Gasteiger partial charge in [-0.25, -0.2) is 8.42 Å². The predicted molar refractivity (Wildman–Crippen MR) is 103 cm³/mol. The topological polar surface area (TPSA) is 46.2 Å². The van der Waals surface area contributed by atoms with Crippen LogP contribution in [-0.4, -0.2) is 14.2 Å². The molecule has 138 valence electrons. The third-order valence-electron chi connectivity index (χ3n) is 6.90. The summed E-state index contributed by atoms with van der Waals surface area (Å²) in [6, 6.07) is 9.30. The van der Waals surface area contributed by atoms with E-state index >= 15 is 0 Å². The molecule has 0 heterocycles. The first-order chi connectivity index (χ1) is 11.8. The summed E-state index contributed by atoms with van der Waals surface area (Å²) in [5.74, 6) is 3.52. The fourth-order valence-corrected chi connectivity index (χ4v) is 8.30. The first-order valence-electron chi connectivity index (χ1n) is 9.90. The molecule has 5 rings (SSSR count). The Labute approximate surface area is 152 Å². The minimum absolute atomic E-state index is 0.307. The summed E-state index contributed by atoms with van der Waals surface area (Å²) in [4.78, 5) is 0. The molecule has 1 aromatic rings. The smallest absolute Gasteiger partial charge is 0.233 e. The highest BCUT2D eigenvalue weighted by Gasteiger charge is 2.55. The SMILES string of the molecule is CC(C)CC12CC3CC(C1)C(CS(=O)(=O)Nc1ccccc1)C(C3)C2. The van der Waals surface area contributed by atoms with E-state index in [1.807, 2.05) is 30.3 Å². The van der Waals surface area contributed by atoms with Crippen molar-refractivity contribution in [1.82, 2.24) is 0 Å². The third kappa shape index (κ3) is 3.60. The second kappa shape index (κ2) is 6.29. The number of nitrogens with one attached hydrogen (secondary N) is 1. The van der Waals surface area contributed by atoms with Gasteiger partial charge in [-0.2, -0.15) is 0 Å². The number of hydrogen-bond donors (Lipinski definition) is 1. The Morgan fingerprint density at radius 2 is 1.72 bits per heavy atom. The van der Waals surface area contributed by atoms with Gasteiger partial charge in [-0.3, -0.25) is 4.72 Å². The molecule has 3 nitrogen and oxygen atoms in total. The fourth-order valence-electron chi connectivity index (χ4n) is 6.67. The molecule has 0 spiro atoms. The maximum absolute atomic E-state index is 12.7. The van der Waals surface area contributed by atoms with Gasteiger partial charge in [-0.05, 0) is 85.7 Å². The molecule has 1 aromatic carbocycles. The third-order valence-corrected chi connectivity index (χ3v) is 8.27. The summed E-state index contributed by atoms with van der Waals surface area (Å²) >= 11 is 0. The van der Waals surface area contributed by atoms with Gasteiger partial charge in [0, 0.05) is 5.69 Å². The van der Waals surface area contributed by atoms with Gasteiger partial charge in [0.1, 0.15) is 0 Å². The van der Waals surface area contributed by atoms with E-state index in [1.54, 1.807) is 0 Å². The van der Waals surface area contributed by atoms with Gasteiger partial charge >= 0.3 is 0 Å². The molecule has 1 N–H and O–H groups in total. The van der Waals surface area contributed by atoms with Crippen LogP contribution >= 0.6 is 0 Å².